The molecule has 2 aliphatic rings. The summed E-state index contributed by atoms with van der Waals surface area (Å²) in [7, 11) is 0. The molecule has 1 aliphatic carbocycles. The fourth-order valence-corrected chi connectivity index (χ4v) is 3.71. The Kier molecular flexibility index (Phi) is 4.06. The summed E-state index contributed by atoms with van der Waals surface area (Å²) in [6.45, 7) is 1.89. The first-order chi connectivity index (χ1) is 10.9. The zero-order valence-corrected chi connectivity index (χ0v) is 13.6. The summed E-state index contributed by atoms with van der Waals surface area (Å²) in [5.74, 6) is -0.127. The van der Waals surface area contributed by atoms with Crippen molar-refractivity contribution in [3.63, 3.8) is 0 Å². The van der Waals surface area contributed by atoms with Crippen molar-refractivity contribution < 1.29 is 19.4 Å². The summed E-state index contributed by atoms with van der Waals surface area (Å²) in [4.78, 5) is 23.8. The van der Waals surface area contributed by atoms with Gasteiger partial charge in [-0.25, -0.2) is 4.79 Å². The average Bonchev–Trinajstić information content (AvgIpc) is 2.74. The van der Waals surface area contributed by atoms with Crippen LogP contribution >= 0.6 is 11.6 Å². The second kappa shape index (κ2) is 5.89. The lowest BCUT2D eigenvalue weighted by Crippen LogP contribution is -2.46. The van der Waals surface area contributed by atoms with Crippen LogP contribution in [0.2, 0.25) is 5.02 Å². The SMILES string of the molecule is Cc1ccc(Cl)c(C2=C(OC(=O)O)C3(CCCCC3)NC2=O)c1. The molecule has 5 nitrogen and oxygen atoms in total. The van der Waals surface area contributed by atoms with Gasteiger partial charge in [0.05, 0.1) is 11.1 Å². The van der Waals surface area contributed by atoms with Gasteiger partial charge in [0.15, 0.2) is 0 Å². The summed E-state index contributed by atoms with van der Waals surface area (Å²) < 4.78 is 5.09. The van der Waals surface area contributed by atoms with E-state index in [1.807, 2.05) is 13.0 Å². The van der Waals surface area contributed by atoms with Gasteiger partial charge in [-0.15, -0.1) is 0 Å². The Morgan fingerprint density at radius 1 is 1.30 bits per heavy atom. The van der Waals surface area contributed by atoms with Crippen molar-refractivity contribution in [3.05, 3.63) is 40.1 Å². The molecule has 0 saturated heterocycles. The van der Waals surface area contributed by atoms with Gasteiger partial charge in [-0.05, 0) is 31.9 Å². The molecule has 1 amide bonds. The molecule has 1 aromatic rings. The number of hydrogen-bond acceptors (Lipinski definition) is 3. The number of carbonyl (C=O) groups is 2. The number of benzene rings is 1. The molecule has 3 rings (SSSR count). The highest BCUT2D eigenvalue weighted by atomic mass is 35.5. The van der Waals surface area contributed by atoms with E-state index in [0.717, 1.165) is 24.8 Å². The van der Waals surface area contributed by atoms with Crippen LogP contribution in [0.4, 0.5) is 4.79 Å². The van der Waals surface area contributed by atoms with E-state index in [1.54, 1.807) is 12.1 Å². The summed E-state index contributed by atoms with van der Waals surface area (Å²) in [6, 6.07) is 5.33. The predicted molar refractivity (Wildman–Crippen MR) is 86.2 cm³/mol. The van der Waals surface area contributed by atoms with E-state index in [1.165, 1.54) is 0 Å². The Morgan fingerprint density at radius 3 is 2.65 bits per heavy atom. The van der Waals surface area contributed by atoms with Gasteiger partial charge in [-0.2, -0.15) is 0 Å². The largest absolute Gasteiger partial charge is 0.511 e. The zero-order chi connectivity index (χ0) is 16.6. The third-order valence-corrected chi connectivity index (χ3v) is 4.86. The molecule has 0 bridgehead atoms. The lowest BCUT2D eigenvalue weighted by molar-refractivity contribution is -0.116. The third-order valence-electron chi connectivity index (χ3n) is 4.53. The molecule has 1 spiro atoms. The molecule has 23 heavy (non-hydrogen) atoms. The molecule has 0 unspecified atom stereocenters. The number of aryl methyl sites for hydroxylation is 1. The second-order valence-corrected chi connectivity index (χ2v) is 6.56. The average molecular weight is 336 g/mol. The van der Waals surface area contributed by atoms with Crippen molar-refractivity contribution in [1.82, 2.24) is 5.32 Å². The Morgan fingerprint density at radius 2 is 2.00 bits per heavy atom. The number of amides is 1. The topological polar surface area (TPSA) is 75.6 Å². The fourth-order valence-electron chi connectivity index (χ4n) is 3.50. The van der Waals surface area contributed by atoms with Gasteiger partial charge in [0.2, 0.25) is 0 Å². The van der Waals surface area contributed by atoms with Gasteiger partial charge < -0.3 is 15.2 Å². The molecule has 1 aliphatic heterocycles. The normalized spacial score (nSPS) is 19.8. The molecule has 2 N–H and O–H groups in total. The van der Waals surface area contributed by atoms with Crippen LogP contribution in [0.1, 0.15) is 43.2 Å². The number of hydrogen-bond donors (Lipinski definition) is 2. The number of halogens is 1. The van der Waals surface area contributed by atoms with Crippen molar-refractivity contribution in [2.75, 3.05) is 0 Å². The van der Waals surface area contributed by atoms with Gasteiger partial charge >= 0.3 is 6.16 Å². The van der Waals surface area contributed by atoms with Gasteiger partial charge in [0, 0.05) is 10.6 Å². The summed E-state index contributed by atoms with van der Waals surface area (Å²) in [6.07, 6.45) is 2.84. The smallest absolute Gasteiger partial charge is 0.449 e. The van der Waals surface area contributed by atoms with E-state index < -0.39 is 11.7 Å². The quantitative estimate of drug-likeness (QED) is 0.804. The highest BCUT2D eigenvalue weighted by Crippen LogP contribution is 2.44. The fraction of sp³-hybridized carbons (Fsp3) is 0.412. The predicted octanol–water partition coefficient (Wildman–Crippen LogP) is 3.89. The van der Waals surface area contributed by atoms with Crippen LogP contribution in [0.3, 0.4) is 0 Å². The van der Waals surface area contributed by atoms with Crippen molar-refractivity contribution in [2.45, 2.75) is 44.6 Å². The molecule has 122 valence electrons. The Balaban J connectivity index is 2.18. The van der Waals surface area contributed by atoms with Crippen LogP contribution in [-0.4, -0.2) is 22.7 Å². The molecule has 0 atom stereocenters. The minimum Gasteiger partial charge on any atom is -0.449 e. The van der Waals surface area contributed by atoms with E-state index in [0.29, 0.717) is 23.4 Å². The molecule has 6 heteroatoms. The maximum absolute atomic E-state index is 12.6. The van der Waals surface area contributed by atoms with Crippen LogP contribution < -0.4 is 5.32 Å². The monoisotopic (exact) mass is 335 g/mol. The lowest BCUT2D eigenvalue weighted by atomic mass is 9.80. The van der Waals surface area contributed by atoms with Crippen molar-refractivity contribution in [3.8, 4) is 0 Å². The van der Waals surface area contributed by atoms with E-state index in [-0.39, 0.29) is 17.2 Å². The second-order valence-electron chi connectivity index (χ2n) is 6.15. The van der Waals surface area contributed by atoms with Crippen molar-refractivity contribution in [1.29, 1.82) is 0 Å². The molecular weight excluding hydrogens is 318 g/mol. The Labute approximate surface area is 139 Å². The van der Waals surface area contributed by atoms with Gasteiger partial charge in [-0.1, -0.05) is 42.5 Å². The van der Waals surface area contributed by atoms with Gasteiger partial charge in [0.25, 0.3) is 5.91 Å². The van der Waals surface area contributed by atoms with Crippen LogP contribution in [0.5, 0.6) is 0 Å². The lowest BCUT2D eigenvalue weighted by Gasteiger charge is -2.34. The van der Waals surface area contributed by atoms with Crippen molar-refractivity contribution >= 4 is 29.2 Å². The number of ether oxygens (including phenoxy) is 1. The Hall–Kier alpha value is -2.01. The zero-order valence-electron chi connectivity index (χ0n) is 12.8. The van der Waals surface area contributed by atoms with Crippen LogP contribution in [0.25, 0.3) is 5.57 Å². The minimum atomic E-state index is -1.41. The first-order valence-electron chi connectivity index (χ1n) is 7.67. The van der Waals surface area contributed by atoms with Crippen LogP contribution in [0, 0.1) is 6.92 Å². The molecule has 1 heterocycles. The molecular formula is C17H18ClNO4. The number of rotatable bonds is 2. The highest BCUT2D eigenvalue weighted by Gasteiger charge is 2.48. The molecule has 1 fully saturated rings. The molecule has 0 aromatic heterocycles. The minimum absolute atomic E-state index is 0.196. The molecule has 0 radical (unpaired) electrons. The van der Waals surface area contributed by atoms with Crippen molar-refractivity contribution in [2.24, 2.45) is 0 Å². The number of nitrogens with one attached hydrogen (secondary N) is 1. The standard InChI is InChI=1S/C17H18ClNO4/c1-10-5-6-12(18)11(9-10)13-14(23-16(21)22)17(19-15(13)20)7-3-2-4-8-17/h5-6,9H,2-4,7-8H2,1H3,(H,19,20)(H,21,22). The summed E-state index contributed by atoms with van der Waals surface area (Å²) in [5.41, 5.74) is 0.964. The summed E-state index contributed by atoms with van der Waals surface area (Å²) in [5, 5.41) is 12.5. The first-order valence-corrected chi connectivity index (χ1v) is 8.05. The van der Waals surface area contributed by atoms with E-state index in [4.69, 9.17) is 21.4 Å². The third kappa shape index (κ3) is 2.81. The summed E-state index contributed by atoms with van der Waals surface area (Å²) >= 11 is 6.25. The Bertz CT molecular complexity index is 705. The van der Waals surface area contributed by atoms with Gasteiger partial charge in [-0.3, -0.25) is 4.79 Å². The van der Waals surface area contributed by atoms with Crippen LogP contribution in [-0.2, 0) is 9.53 Å². The van der Waals surface area contributed by atoms with Crippen LogP contribution in [0.15, 0.2) is 24.0 Å². The number of carbonyl (C=O) groups excluding carboxylic acids is 1. The van der Waals surface area contributed by atoms with E-state index in [9.17, 15) is 9.59 Å². The van der Waals surface area contributed by atoms with Gasteiger partial charge in [0.1, 0.15) is 5.76 Å². The number of carboxylic acid groups (broad SMARTS) is 1. The maximum Gasteiger partial charge on any atom is 0.511 e. The maximum atomic E-state index is 12.6. The highest BCUT2D eigenvalue weighted by molar-refractivity contribution is 6.35. The van der Waals surface area contributed by atoms with E-state index >= 15 is 0 Å². The molecule has 1 aromatic carbocycles. The first kappa shape index (κ1) is 15.9. The molecule has 1 saturated carbocycles. The van der Waals surface area contributed by atoms with E-state index in [2.05, 4.69) is 5.32 Å².